The molecule has 2 aromatic rings. The van der Waals surface area contributed by atoms with E-state index in [9.17, 15) is 18.0 Å². The quantitative estimate of drug-likeness (QED) is 0.439. The second kappa shape index (κ2) is 10.3. The third-order valence-corrected chi connectivity index (χ3v) is 6.42. The Balaban J connectivity index is 2.42. The highest BCUT2D eigenvalue weighted by Gasteiger charge is 2.28. The van der Waals surface area contributed by atoms with E-state index in [1.165, 1.54) is 48.2 Å². The smallest absolute Gasteiger partial charge is 0.338 e. The van der Waals surface area contributed by atoms with E-state index in [0.29, 0.717) is 0 Å². The normalized spacial score (nSPS) is 11.0. The molecular formula is C20H23NO6S2. The van der Waals surface area contributed by atoms with Crippen molar-refractivity contribution in [1.29, 1.82) is 0 Å². The monoisotopic (exact) mass is 437 g/mol. The van der Waals surface area contributed by atoms with Gasteiger partial charge in [-0.1, -0.05) is 0 Å². The second-order valence-electron chi connectivity index (χ2n) is 5.76. The summed E-state index contributed by atoms with van der Waals surface area (Å²) >= 11 is 1.49. The van der Waals surface area contributed by atoms with Gasteiger partial charge in [-0.25, -0.2) is 13.2 Å². The van der Waals surface area contributed by atoms with Crippen LogP contribution in [0.25, 0.3) is 0 Å². The largest absolute Gasteiger partial charge is 0.465 e. The zero-order valence-corrected chi connectivity index (χ0v) is 18.1. The van der Waals surface area contributed by atoms with Crippen LogP contribution in [-0.4, -0.2) is 46.4 Å². The van der Waals surface area contributed by atoms with E-state index in [4.69, 9.17) is 9.47 Å². The SMILES string of the molecule is CCOC(=O)CN(c1ccc(C(=O)OCC)cc1)S(=O)(=O)c1ccc(SC)cc1. The number of hydrogen-bond acceptors (Lipinski definition) is 7. The molecule has 7 nitrogen and oxygen atoms in total. The van der Waals surface area contributed by atoms with Crippen molar-refractivity contribution in [2.75, 3.05) is 30.3 Å². The fourth-order valence-corrected chi connectivity index (χ4v) is 4.31. The zero-order valence-electron chi connectivity index (χ0n) is 16.5. The van der Waals surface area contributed by atoms with E-state index in [-0.39, 0.29) is 29.4 Å². The van der Waals surface area contributed by atoms with Gasteiger partial charge in [-0.15, -0.1) is 11.8 Å². The lowest BCUT2D eigenvalue weighted by molar-refractivity contribution is -0.141. The van der Waals surface area contributed by atoms with Crippen molar-refractivity contribution in [1.82, 2.24) is 0 Å². The summed E-state index contributed by atoms with van der Waals surface area (Å²) in [6.07, 6.45) is 1.89. The number of sulfonamides is 1. The first kappa shape index (κ1) is 22.8. The number of anilines is 1. The van der Waals surface area contributed by atoms with Crippen LogP contribution in [0.5, 0.6) is 0 Å². The Hall–Kier alpha value is -2.52. The number of ether oxygens (including phenoxy) is 2. The Kier molecular flexibility index (Phi) is 8.10. The first-order valence-electron chi connectivity index (χ1n) is 8.93. The Morgan fingerprint density at radius 1 is 0.931 bits per heavy atom. The highest BCUT2D eigenvalue weighted by atomic mass is 32.2. The molecule has 29 heavy (non-hydrogen) atoms. The summed E-state index contributed by atoms with van der Waals surface area (Å²) in [7, 11) is -4.03. The standard InChI is InChI=1S/C20H23NO6S2/c1-4-26-19(22)14-21(16-8-6-15(7-9-16)20(23)27-5-2)29(24,25)18-12-10-17(28-3)11-13-18/h6-13H,4-5,14H2,1-3H3. The number of rotatable bonds is 9. The lowest BCUT2D eigenvalue weighted by atomic mass is 10.2. The summed E-state index contributed by atoms with van der Waals surface area (Å²) in [6.45, 7) is 3.22. The molecule has 2 rings (SSSR count). The lowest BCUT2D eigenvalue weighted by Crippen LogP contribution is -2.36. The van der Waals surface area contributed by atoms with Crippen LogP contribution < -0.4 is 4.31 Å². The summed E-state index contributed by atoms with van der Waals surface area (Å²) in [4.78, 5) is 24.9. The molecule has 0 saturated heterocycles. The maximum absolute atomic E-state index is 13.2. The minimum absolute atomic E-state index is 0.0501. The molecule has 0 heterocycles. The summed E-state index contributed by atoms with van der Waals surface area (Å²) in [5.41, 5.74) is 0.522. The van der Waals surface area contributed by atoms with Crippen molar-refractivity contribution in [3.8, 4) is 0 Å². The van der Waals surface area contributed by atoms with Crippen molar-refractivity contribution in [3.05, 3.63) is 54.1 Å². The zero-order chi connectivity index (χ0) is 21.4. The van der Waals surface area contributed by atoms with Crippen molar-refractivity contribution in [2.45, 2.75) is 23.6 Å². The first-order chi connectivity index (χ1) is 13.8. The maximum Gasteiger partial charge on any atom is 0.338 e. The van der Waals surface area contributed by atoms with Gasteiger partial charge in [0.1, 0.15) is 6.54 Å². The van der Waals surface area contributed by atoms with E-state index in [1.54, 1.807) is 26.0 Å². The van der Waals surface area contributed by atoms with Crippen LogP contribution in [0.15, 0.2) is 58.3 Å². The number of benzene rings is 2. The molecule has 0 radical (unpaired) electrons. The average molecular weight is 438 g/mol. The van der Waals surface area contributed by atoms with Crippen LogP contribution in [-0.2, 0) is 24.3 Å². The third-order valence-electron chi connectivity index (χ3n) is 3.89. The molecule has 2 aromatic carbocycles. The molecule has 156 valence electrons. The van der Waals surface area contributed by atoms with Gasteiger partial charge in [-0.3, -0.25) is 9.10 Å². The Labute approximate surface area is 175 Å². The molecule has 0 atom stereocenters. The van der Waals surface area contributed by atoms with E-state index >= 15 is 0 Å². The predicted octanol–water partition coefficient (Wildman–Crippen LogP) is 3.34. The molecule has 0 saturated carbocycles. The third kappa shape index (κ3) is 5.74. The Bertz CT molecular complexity index is 940. The van der Waals surface area contributed by atoms with Gasteiger partial charge in [0.15, 0.2) is 0 Å². The van der Waals surface area contributed by atoms with Crippen LogP contribution in [0.2, 0.25) is 0 Å². The fourth-order valence-electron chi connectivity index (χ4n) is 2.49. The average Bonchev–Trinajstić information content (AvgIpc) is 2.72. The summed E-state index contributed by atoms with van der Waals surface area (Å²) in [6, 6.07) is 12.2. The molecule has 0 fully saturated rings. The van der Waals surface area contributed by atoms with E-state index in [1.807, 2.05) is 6.26 Å². The van der Waals surface area contributed by atoms with Gasteiger partial charge < -0.3 is 9.47 Å². The number of carbonyl (C=O) groups is 2. The molecule has 0 aliphatic rings. The Morgan fingerprint density at radius 2 is 1.52 bits per heavy atom. The van der Waals surface area contributed by atoms with E-state index < -0.39 is 28.5 Å². The van der Waals surface area contributed by atoms with Crippen molar-refractivity contribution in [3.63, 3.8) is 0 Å². The first-order valence-corrected chi connectivity index (χ1v) is 11.6. The molecular weight excluding hydrogens is 414 g/mol. The molecule has 0 N–H and O–H groups in total. The molecule has 0 aliphatic carbocycles. The summed E-state index contributed by atoms with van der Waals surface area (Å²) in [5, 5.41) is 0. The number of carbonyl (C=O) groups excluding carboxylic acids is 2. The number of hydrogen-bond donors (Lipinski definition) is 0. The van der Waals surface area contributed by atoms with Crippen LogP contribution in [0.1, 0.15) is 24.2 Å². The summed E-state index contributed by atoms with van der Waals surface area (Å²) in [5.74, 6) is -1.18. The molecule has 0 aliphatic heterocycles. The van der Waals surface area contributed by atoms with Crippen molar-refractivity contribution in [2.24, 2.45) is 0 Å². The van der Waals surface area contributed by atoms with Gasteiger partial charge in [-0.05, 0) is 68.6 Å². The number of nitrogens with zero attached hydrogens (tertiary/aromatic N) is 1. The maximum atomic E-state index is 13.2. The Morgan fingerprint density at radius 3 is 2.03 bits per heavy atom. The highest BCUT2D eigenvalue weighted by Crippen LogP contribution is 2.26. The van der Waals surface area contributed by atoms with Gasteiger partial charge in [0.05, 0.1) is 29.4 Å². The van der Waals surface area contributed by atoms with Crippen molar-refractivity contribution < 1.29 is 27.5 Å². The van der Waals surface area contributed by atoms with Gasteiger partial charge in [0.2, 0.25) is 0 Å². The summed E-state index contributed by atoms with van der Waals surface area (Å²) < 4.78 is 37.3. The van der Waals surface area contributed by atoms with Gasteiger partial charge >= 0.3 is 11.9 Å². The van der Waals surface area contributed by atoms with Crippen LogP contribution in [0.3, 0.4) is 0 Å². The number of thioether (sulfide) groups is 1. The molecule has 9 heteroatoms. The van der Waals surface area contributed by atoms with Gasteiger partial charge in [-0.2, -0.15) is 0 Å². The minimum Gasteiger partial charge on any atom is -0.465 e. The molecule has 0 amide bonds. The molecule has 0 spiro atoms. The van der Waals surface area contributed by atoms with Gasteiger partial charge in [0, 0.05) is 4.90 Å². The topological polar surface area (TPSA) is 90.0 Å². The predicted molar refractivity (Wildman–Crippen MR) is 112 cm³/mol. The lowest BCUT2D eigenvalue weighted by Gasteiger charge is -2.24. The molecule has 0 aromatic heterocycles. The van der Waals surface area contributed by atoms with Gasteiger partial charge in [0.25, 0.3) is 10.0 Å². The van der Waals surface area contributed by atoms with Crippen LogP contribution >= 0.6 is 11.8 Å². The van der Waals surface area contributed by atoms with E-state index in [2.05, 4.69) is 0 Å². The molecule has 0 unspecified atom stereocenters. The van der Waals surface area contributed by atoms with Crippen molar-refractivity contribution >= 4 is 39.4 Å². The highest BCUT2D eigenvalue weighted by molar-refractivity contribution is 7.98. The second-order valence-corrected chi connectivity index (χ2v) is 8.50. The van der Waals surface area contributed by atoms with Crippen LogP contribution in [0, 0.1) is 0 Å². The minimum atomic E-state index is -4.03. The molecule has 0 bridgehead atoms. The van der Waals surface area contributed by atoms with Crippen LogP contribution in [0.4, 0.5) is 5.69 Å². The van der Waals surface area contributed by atoms with E-state index in [0.717, 1.165) is 9.20 Å². The fraction of sp³-hybridized carbons (Fsp3) is 0.300. The number of esters is 2.